The fourth-order valence-corrected chi connectivity index (χ4v) is 2.04. The second-order valence-electron chi connectivity index (χ2n) is 4.33. The number of nitrogens with zero attached hydrogens (tertiary/aromatic N) is 2. The molecule has 0 aromatic heterocycles. The highest BCUT2D eigenvalue weighted by Gasteiger charge is 2.34. The average molecular weight is 304 g/mol. The highest BCUT2D eigenvalue weighted by Crippen LogP contribution is 2.31. The largest absolute Gasteiger partial charge is 0.350 e. The molecule has 0 aromatic rings. The highest BCUT2D eigenvalue weighted by molar-refractivity contribution is 6.23. The Kier molecular flexibility index (Phi) is 3.63. The summed E-state index contributed by atoms with van der Waals surface area (Å²) in [6.07, 6.45) is 4.48. The van der Waals surface area contributed by atoms with E-state index in [0.29, 0.717) is 10.0 Å². The summed E-state index contributed by atoms with van der Waals surface area (Å²) in [4.78, 5) is 46.6. The molecule has 0 aliphatic heterocycles. The standard InChI is InChI=1S/C12H12N6O4/c13-11(21)17(15)5-1-3-7(19)10-6(18(16)12(14)22)2-4-8(20)9(5)10/h1-4H,15-16H2,(H2,13,21)(H2,14,22). The smallest absolute Gasteiger partial charge is 0.333 e. The van der Waals surface area contributed by atoms with Gasteiger partial charge in [0, 0.05) is 0 Å². The molecule has 0 saturated carbocycles. The Labute approximate surface area is 123 Å². The van der Waals surface area contributed by atoms with Crippen LogP contribution in [0.5, 0.6) is 0 Å². The summed E-state index contributed by atoms with van der Waals surface area (Å²) in [5.41, 5.74) is 9.57. The van der Waals surface area contributed by atoms with Crippen LogP contribution < -0.4 is 23.2 Å². The number of fused-ring (bicyclic) bond motifs is 1. The van der Waals surface area contributed by atoms with Crippen molar-refractivity contribution in [2.75, 3.05) is 0 Å². The summed E-state index contributed by atoms with van der Waals surface area (Å²) in [5, 5.41) is 1.02. The van der Waals surface area contributed by atoms with Crippen LogP contribution >= 0.6 is 0 Å². The first-order valence-corrected chi connectivity index (χ1v) is 5.88. The van der Waals surface area contributed by atoms with Crippen molar-refractivity contribution in [1.82, 2.24) is 10.0 Å². The van der Waals surface area contributed by atoms with Crippen LogP contribution in [0.3, 0.4) is 0 Å². The Morgan fingerprint density at radius 3 is 1.32 bits per heavy atom. The Morgan fingerprint density at radius 1 is 0.727 bits per heavy atom. The van der Waals surface area contributed by atoms with E-state index in [0.717, 1.165) is 12.2 Å². The van der Waals surface area contributed by atoms with E-state index in [2.05, 4.69) is 0 Å². The minimum Gasteiger partial charge on any atom is -0.350 e. The number of amides is 4. The molecule has 0 heterocycles. The zero-order chi connectivity index (χ0) is 16.6. The highest BCUT2D eigenvalue weighted by atomic mass is 16.2. The van der Waals surface area contributed by atoms with Gasteiger partial charge in [0.2, 0.25) is 0 Å². The van der Waals surface area contributed by atoms with Crippen molar-refractivity contribution in [3.63, 3.8) is 0 Å². The molecule has 2 aliphatic carbocycles. The fourth-order valence-electron chi connectivity index (χ4n) is 2.04. The maximum atomic E-state index is 12.1. The third-order valence-corrected chi connectivity index (χ3v) is 3.03. The van der Waals surface area contributed by atoms with Gasteiger partial charge >= 0.3 is 12.1 Å². The molecular weight excluding hydrogens is 292 g/mol. The van der Waals surface area contributed by atoms with Gasteiger partial charge in [-0.25, -0.2) is 31.3 Å². The van der Waals surface area contributed by atoms with Gasteiger partial charge in [-0.3, -0.25) is 9.59 Å². The van der Waals surface area contributed by atoms with Crippen molar-refractivity contribution in [1.29, 1.82) is 0 Å². The van der Waals surface area contributed by atoms with Crippen molar-refractivity contribution in [2.24, 2.45) is 23.2 Å². The number of primary amides is 2. The molecule has 0 fully saturated rings. The van der Waals surface area contributed by atoms with Crippen LogP contribution in [0.2, 0.25) is 0 Å². The molecule has 10 nitrogen and oxygen atoms in total. The van der Waals surface area contributed by atoms with Gasteiger partial charge in [0.05, 0.1) is 22.5 Å². The van der Waals surface area contributed by atoms with Crippen LogP contribution in [-0.4, -0.2) is 33.6 Å². The third-order valence-electron chi connectivity index (χ3n) is 3.03. The number of rotatable bonds is 2. The lowest BCUT2D eigenvalue weighted by molar-refractivity contribution is -0.114. The van der Waals surface area contributed by atoms with E-state index in [1.807, 2.05) is 0 Å². The van der Waals surface area contributed by atoms with E-state index in [4.69, 9.17) is 23.2 Å². The van der Waals surface area contributed by atoms with Crippen LogP contribution in [0.15, 0.2) is 46.8 Å². The first-order valence-electron chi connectivity index (χ1n) is 5.88. The minimum absolute atomic E-state index is 0.0909. The zero-order valence-electron chi connectivity index (χ0n) is 11.1. The average Bonchev–Trinajstić information content (AvgIpc) is 2.46. The molecule has 0 radical (unpaired) electrons. The molecule has 4 amide bonds. The van der Waals surface area contributed by atoms with Gasteiger partial charge in [0.1, 0.15) is 0 Å². The third kappa shape index (κ3) is 2.28. The Bertz CT molecular complexity index is 668. The molecule has 8 N–H and O–H groups in total. The van der Waals surface area contributed by atoms with Crippen molar-refractivity contribution in [3.05, 3.63) is 46.8 Å². The second kappa shape index (κ2) is 5.27. The molecule has 0 spiro atoms. The monoisotopic (exact) mass is 304 g/mol. The topological polar surface area (TPSA) is 179 Å². The van der Waals surface area contributed by atoms with Gasteiger partial charge in [-0.15, -0.1) is 0 Å². The molecule has 0 aromatic carbocycles. The van der Waals surface area contributed by atoms with Crippen molar-refractivity contribution >= 4 is 23.6 Å². The minimum atomic E-state index is -1.04. The van der Waals surface area contributed by atoms with Gasteiger partial charge in [-0.2, -0.15) is 0 Å². The maximum absolute atomic E-state index is 12.1. The van der Waals surface area contributed by atoms with Crippen LogP contribution in [0, 0.1) is 0 Å². The molecule has 0 bridgehead atoms. The van der Waals surface area contributed by atoms with Crippen LogP contribution in [0.4, 0.5) is 9.59 Å². The van der Waals surface area contributed by atoms with Gasteiger partial charge in [0.15, 0.2) is 11.6 Å². The number of hydrogen-bond donors (Lipinski definition) is 4. The predicted molar refractivity (Wildman–Crippen MR) is 73.6 cm³/mol. The summed E-state index contributed by atoms with van der Waals surface area (Å²) in [5.74, 6) is 9.79. The van der Waals surface area contributed by atoms with E-state index in [1.54, 1.807) is 0 Å². The van der Waals surface area contributed by atoms with E-state index in [9.17, 15) is 19.2 Å². The lowest BCUT2D eigenvalue weighted by Gasteiger charge is -2.27. The molecule has 2 aliphatic rings. The van der Waals surface area contributed by atoms with Gasteiger partial charge in [0.25, 0.3) is 0 Å². The van der Waals surface area contributed by atoms with Crippen LogP contribution in [-0.2, 0) is 9.59 Å². The lowest BCUT2D eigenvalue weighted by Crippen LogP contribution is -2.44. The molecule has 2 rings (SSSR count). The molecular formula is C12H12N6O4. The number of allylic oxidation sites excluding steroid dienone is 6. The summed E-state index contributed by atoms with van der Waals surface area (Å²) in [6.45, 7) is 0. The maximum Gasteiger partial charge on any atom is 0.333 e. The Balaban J connectivity index is 2.74. The summed E-state index contributed by atoms with van der Waals surface area (Å²) < 4.78 is 0. The second-order valence-corrected chi connectivity index (χ2v) is 4.33. The summed E-state index contributed by atoms with van der Waals surface area (Å²) >= 11 is 0. The predicted octanol–water partition coefficient (Wildman–Crippen LogP) is -1.72. The van der Waals surface area contributed by atoms with Crippen molar-refractivity contribution in [2.45, 2.75) is 0 Å². The first kappa shape index (κ1) is 15.2. The molecule has 114 valence electrons. The van der Waals surface area contributed by atoms with Crippen molar-refractivity contribution in [3.8, 4) is 0 Å². The van der Waals surface area contributed by atoms with E-state index >= 15 is 0 Å². The van der Waals surface area contributed by atoms with Crippen LogP contribution in [0.1, 0.15) is 0 Å². The number of carbonyl (C=O) groups is 4. The fraction of sp³-hybridized carbons (Fsp3) is 0. The molecule has 0 saturated heterocycles. The van der Waals surface area contributed by atoms with Gasteiger partial charge < -0.3 is 11.5 Å². The lowest BCUT2D eigenvalue weighted by atomic mass is 9.86. The summed E-state index contributed by atoms with van der Waals surface area (Å²) in [7, 11) is 0. The SMILES string of the molecule is NC(=O)N(N)C1=C2C(=O)C=CC(N(N)C(N)=O)=C2C(=O)C=C1. The van der Waals surface area contributed by atoms with Crippen LogP contribution in [0.25, 0.3) is 0 Å². The molecule has 10 heteroatoms. The quantitative estimate of drug-likeness (QED) is 0.267. The van der Waals surface area contributed by atoms with Gasteiger partial charge in [-0.05, 0) is 24.3 Å². The Morgan fingerprint density at radius 2 is 1.05 bits per heavy atom. The molecule has 0 unspecified atom stereocenters. The van der Waals surface area contributed by atoms with Crippen molar-refractivity contribution < 1.29 is 19.2 Å². The van der Waals surface area contributed by atoms with E-state index in [1.165, 1.54) is 12.2 Å². The number of hydrogen-bond acceptors (Lipinski definition) is 6. The summed E-state index contributed by atoms with van der Waals surface area (Å²) in [6, 6.07) is -2.08. The van der Waals surface area contributed by atoms with Gasteiger partial charge in [-0.1, -0.05) is 0 Å². The number of urea groups is 2. The number of ketones is 2. The number of nitrogens with two attached hydrogens (primary N) is 4. The zero-order valence-corrected chi connectivity index (χ0v) is 11.1. The number of carbonyl (C=O) groups excluding carboxylic acids is 4. The molecule has 0 atom stereocenters. The number of hydrazine groups is 2. The first-order chi connectivity index (χ1) is 10.3. The van der Waals surface area contributed by atoms with E-state index in [-0.39, 0.29) is 22.5 Å². The van der Waals surface area contributed by atoms with E-state index < -0.39 is 23.6 Å². The normalized spacial score (nSPS) is 16.8. The Hall–Kier alpha value is -3.24. The molecule has 22 heavy (non-hydrogen) atoms.